The number of benzene rings is 2. The van der Waals surface area contributed by atoms with Gasteiger partial charge >= 0.3 is 0 Å². The molecule has 0 saturated carbocycles. The van der Waals surface area contributed by atoms with Crippen LogP contribution in [0.1, 0.15) is 11.6 Å². The first kappa shape index (κ1) is 14.1. The molecule has 1 aromatic carbocycles. The monoisotopic (exact) mass is 291 g/mol. The number of aromatic nitrogens is 1. The third kappa shape index (κ3) is 2.66. The van der Waals surface area contributed by atoms with E-state index in [9.17, 15) is 4.79 Å². The molecule has 3 nitrogen and oxygen atoms in total. The highest BCUT2D eigenvalue weighted by Crippen LogP contribution is 2.26. The molecule has 2 aliphatic rings. The van der Waals surface area contributed by atoms with E-state index in [0.29, 0.717) is 0 Å². The molecular weight excluding hydrogens is 274 g/mol. The Hall–Kier alpha value is -2.81. The van der Waals surface area contributed by atoms with Crippen LogP contribution in [0, 0.1) is 0 Å². The van der Waals surface area contributed by atoms with Crippen molar-refractivity contribution in [2.75, 3.05) is 7.11 Å². The second kappa shape index (κ2) is 5.90. The number of methoxy groups -OCH3 is 1. The average Bonchev–Trinajstić information content (AvgIpc) is 2.56. The van der Waals surface area contributed by atoms with E-state index in [0.717, 1.165) is 22.4 Å². The number of ether oxygens (including phenoxy) is 1. The van der Waals surface area contributed by atoms with Crippen LogP contribution in [0.4, 0.5) is 0 Å². The van der Waals surface area contributed by atoms with Gasteiger partial charge in [-0.05, 0) is 53.1 Å². The summed E-state index contributed by atoms with van der Waals surface area (Å²) in [4.78, 5) is 11.4. The molecule has 1 aliphatic heterocycles. The molecule has 0 fully saturated rings. The van der Waals surface area contributed by atoms with Crippen LogP contribution in [-0.4, -0.2) is 11.7 Å². The smallest absolute Gasteiger partial charge is 0.179 e. The molecule has 110 valence electrons. The summed E-state index contributed by atoms with van der Waals surface area (Å²) in [5.74, 6) is 0.821. The highest BCUT2D eigenvalue weighted by molar-refractivity contribution is 5.63. The van der Waals surface area contributed by atoms with Crippen molar-refractivity contribution >= 4 is 0 Å². The first-order valence-electron chi connectivity index (χ1n) is 7.09. The lowest BCUT2D eigenvalue weighted by Gasteiger charge is -2.20. The summed E-state index contributed by atoms with van der Waals surface area (Å²) < 4.78 is 7.37. The fourth-order valence-corrected chi connectivity index (χ4v) is 2.61. The normalized spacial score (nSPS) is 12.0. The van der Waals surface area contributed by atoms with E-state index >= 15 is 0 Å². The highest BCUT2D eigenvalue weighted by Gasteiger charge is 2.11. The van der Waals surface area contributed by atoms with Crippen molar-refractivity contribution in [3.63, 3.8) is 0 Å². The Bertz CT molecular complexity index is 835. The van der Waals surface area contributed by atoms with Gasteiger partial charge in [0.05, 0.1) is 13.2 Å². The minimum absolute atomic E-state index is 0.00595. The largest absolute Gasteiger partial charge is 0.497 e. The van der Waals surface area contributed by atoms with Crippen LogP contribution in [0.2, 0.25) is 0 Å². The molecule has 0 radical (unpaired) electrons. The van der Waals surface area contributed by atoms with Gasteiger partial charge in [0.15, 0.2) is 5.43 Å². The number of allylic oxidation sites excluding steroid dienone is 1. The third-order valence-electron chi connectivity index (χ3n) is 3.75. The van der Waals surface area contributed by atoms with E-state index in [2.05, 4.69) is 11.1 Å². The Morgan fingerprint density at radius 2 is 2.00 bits per heavy atom. The first-order chi connectivity index (χ1) is 10.7. The van der Waals surface area contributed by atoms with Crippen molar-refractivity contribution in [1.82, 2.24) is 4.57 Å². The van der Waals surface area contributed by atoms with Crippen molar-refractivity contribution in [1.29, 1.82) is 0 Å². The zero-order chi connectivity index (χ0) is 15.5. The lowest BCUT2D eigenvalue weighted by molar-refractivity contribution is 0.414. The molecule has 1 heterocycles. The Balaban J connectivity index is 2.07. The zero-order valence-electron chi connectivity index (χ0n) is 12.4. The quantitative estimate of drug-likeness (QED) is 0.686. The Kier molecular flexibility index (Phi) is 3.79. The van der Waals surface area contributed by atoms with Crippen LogP contribution < -0.4 is 10.2 Å². The average molecular weight is 291 g/mol. The summed E-state index contributed by atoms with van der Waals surface area (Å²) in [5.41, 5.74) is 3.09. The number of nitrogens with zero attached hydrogens (tertiary/aromatic N) is 1. The fraction of sp³-hybridized carbons (Fsp3) is 0.105. The standard InChI is InChI=1S/C19H17NO2/c1-3-19(15-5-4-6-18(12-15)22-2)20-10-9-14-11-17(21)8-7-16(14)13-20/h3-13,19H,1H2,2H3. The maximum Gasteiger partial charge on any atom is 0.179 e. The molecule has 0 bridgehead atoms. The fourth-order valence-electron chi connectivity index (χ4n) is 2.61. The number of fused-ring (bicyclic) bond motifs is 1. The molecule has 0 aromatic heterocycles. The van der Waals surface area contributed by atoms with E-state index in [-0.39, 0.29) is 11.5 Å². The SMILES string of the molecule is C=CC(c1cccc(OC)c1)n1ccc2cc(=O)ccc-2c1. The molecule has 1 atom stereocenters. The minimum atomic E-state index is 0.00595. The van der Waals surface area contributed by atoms with Crippen molar-refractivity contribution in [2.45, 2.75) is 6.04 Å². The molecule has 0 N–H and O–H groups in total. The van der Waals surface area contributed by atoms with Crippen LogP contribution in [-0.2, 0) is 0 Å². The number of pyridine rings is 1. The maximum absolute atomic E-state index is 11.4. The van der Waals surface area contributed by atoms with E-state index < -0.39 is 0 Å². The molecule has 0 saturated heterocycles. The van der Waals surface area contributed by atoms with Crippen LogP contribution in [0.25, 0.3) is 11.1 Å². The van der Waals surface area contributed by atoms with Gasteiger partial charge in [-0.15, -0.1) is 6.58 Å². The summed E-state index contributed by atoms with van der Waals surface area (Å²) in [6.45, 7) is 3.95. The molecule has 3 heteroatoms. The van der Waals surface area contributed by atoms with Gasteiger partial charge in [-0.25, -0.2) is 0 Å². The molecule has 22 heavy (non-hydrogen) atoms. The van der Waals surface area contributed by atoms with E-state index in [1.54, 1.807) is 19.2 Å². The molecule has 0 amide bonds. The van der Waals surface area contributed by atoms with Crippen LogP contribution >= 0.6 is 0 Å². The van der Waals surface area contributed by atoms with Gasteiger partial charge in [0, 0.05) is 12.4 Å². The maximum atomic E-state index is 11.4. The van der Waals surface area contributed by atoms with Gasteiger partial charge in [0.2, 0.25) is 0 Å². The number of rotatable bonds is 4. The number of hydrogen-bond acceptors (Lipinski definition) is 2. The second-order valence-corrected chi connectivity index (χ2v) is 5.14. The zero-order valence-corrected chi connectivity index (χ0v) is 12.4. The lowest BCUT2D eigenvalue weighted by atomic mass is 10.0. The summed E-state index contributed by atoms with van der Waals surface area (Å²) >= 11 is 0. The Morgan fingerprint density at radius 3 is 2.77 bits per heavy atom. The van der Waals surface area contributed by atoms with Crippen molar-refractivity contribution in [3.8, 4) is 16.9 Å². The van der Waals surface area contributed by atoms with Crippen LogP contribution in [0.5, 0.6) is 5.75 Å². The van der Waals surface area contributed by atoms with Crippen molar-refractivity contribution in [2.24, 2.45) is 0 Å². The molecule has 1 aromatic rings. The second-order valence-electron chi connectivity index (χ2n) is 5.14. The lowest BCUT2D eigenvalue weighted by Crippen LogP contribution is -2.09. The van der Waals surface area contributed by atoms with Gasteiger partial charge in [0.25, 0.3) is 0 Å². The van der Waals surface area contributed by atoms with Gasteiger partial charge < -0.3 is 9.30 Å². The van der Waals surface area contributed by atoms with E-state index in [4.69, 9.17) is 4.74 Å². The van der Waals surface area contributed by atoms with Gasteiger partial charge in [-0.2, -0.15) is 0 Å². The minimum Gasteiger partial charge on any atom is -0.497 e. The molecule has 0 spiro atoms. The summed E-state index contributed by atoms with van der Waals surface area (Å²) in [6.07, 6.45) is 5.89. The van der Waals surface area contributed by atoms with E-state index in [1.807, 2.05) is 54.9 Å². The predicted molar refractivity (Wildman–Crippen MR) is 88.7 cm³/mol. The summed E-state index contributed by atoms with van der Waals surface area (Å²) in [5, 5.41) is 0. The summed E-state index contributed by atoms with van der Waals surface area (Å²) in [6, 6.07) is 15.0. The molecule has 1 unspecified atom stereocenters. The van der Waals surface area contributed by atoms with Crippen LogP contribution in [0.3, 0.4) is 0 Å². The van der Waals surface area contributed by atoms with Crippen molar-refractivity contribution in [3.05, 3.63) is 89.4 Å². The van der Waals surface area contributed by atoms with Crippen LogP contribution in [0.15, 0.2) is 78.4 Å². The third-order valence-corrected chi connectivity index (χ3v) is 3.75. The Morgan fingerprint density at radius 1 is 1.14 bits per heavy atom. The Labute approximate surface area is 129 Å². The highest BCUT2D eigenvalue weighted by atomic mass is 16.5. The summed E-state index contributed by atoms with van der Waals surface area (Å²) in [7, 11) is 1.66. The molecular formula is C19H17NO2. The van der Waals surface area contributed by atoms with Crippen molar-refractivity contribution < 1.29 is 4.74 Å². The topological polar surface area (TPSA) is 31.2 Å². The van der Waals surface area contributed by atoms with Gasteiger partial charge in [-0.3, -0.25) is 4.79 Å². The van der Waals surface area contributed by atoms with Gasteiger partial charge in [-0.1, -0.05) is 18.2 Å². The molecule has 3 rings (SSSR count). The molecule has 1 aliphatic carbocycles. The number of hydrogen-bond donors (Lipinski definition) is 0. The first-order valence-corrected chi connectivity index (χ1v) is 7.09. The predicted octanol–water partition coefficient (Wildman–Crippen LogP) is 3.74. The van der Waals surface area contributed by atoms with E-state index in [1.165, 1.54) is 0 Å². The van der Waals surface area contributed by atoms with Gasteiger partial charge in [0.1, 0.15) is 5.75 Å².